The summed E-state index contributed by atoms with van der Waals surface area (Å²) in [6.07, 6.45) is -0.00432. The molecule has 0 aliphatic carbocycles. The summed E-state index contributed by atoms with van der Waals surface area (Å²) in [5.74, 6) is -0.0987. The monoisotopic (exact) mass is 422 g/mol. The van der Waals surface area contributed by atoms with Gasteiger partial charge in [-0.2, -0.15) is 0 Å². The highest BCUT2D eigenvalue weighted by molar-refractivity contribution is 5.98. The lowest BCUT2D eigenvalue weighted by molar-refractivity contribution is -0.132. The van der Waals surface area contributed by atoms with Gasteiger partial charge in [0.2, 0.25) is 5.91 Å². The van der Waals surface area contributed by atoms with Crippen molar-refractivity contribution in [2.45, 2.75) is 39.2 Å². The van der Waals surface area contributed by atoms with E-state index in [-0.39, 0.29) is 30.6 Å². The molecule has 1 fully saturated rings. The molecule has 0 N–H and O–H groups in total. The third-order valence-corrected chi connectivity index (χ3v) is 5.16. The van der Waals surface area contributed by atoms with Crippen LogP contribution in [0.15, 0.2) is 54.6 Å². The molecule has 0 saturated carbocycles. The minimum Gasteiger partial charge on any atom is -0.444 e. The normalized spacial score (nSPS) is 14.3. The van der Waals surface area contributed by atoms with Gasteiger partial charge in [-0.15, -0.1) is 0 Å². The Morgan fingerprint density at radius 3 is 1.90 bits per heavy atom. The zero-order valence-electron chi connectivity index (χ0n) is 18.5. The average molecular weight is 423 g/mol. The van der Waals surface area contributed by atoms with Crippen molar-refractivity contribution in [3.63, 3.8) is 0 Å². The van der Waals surface area contributed by atoms with Crippen molar-refractivity contribution in [3.8, 4) is 11.1 Å². The van der Waals surface area contributed by atoms with Gasteiger partial charge in [-0.1, -0.05) is 54.6 Å². The summed E-state index contributed by atoms with van der Waals surface area (Å²) in [6, 6.07) is 17.5. The number of Topliss-reactive ketones (excluding diaryl/α,β-unsaturated/α-hetero) is 1. The molecule has 0 aromatic heterocycles. The zero-order chi connectivity index (χ0) is 22.4. The number of hydrogen-bond acceptors (Lipinski definition) is 4. The van der Waals surface area contributed by atoms with Gasteiger partial charge in [0.05, 0.1) is 0 Å². The summed E-state index contributed by atoms with van der Waals surface area (Å²) in [5, 5.41) is 0. The molecule has 1 heterocycles. The fourth-order valence-electron chi connectivity index (χ4n) is 3.47. The number of amides is 2. The molecule has 0 bridgehead atoms. The summed E-state index contributed by atoms with van der Waals surface area (Å²) >= 11 is 0. The Hall–Kier alpha value is -3.15. The lowest BCUT2D eigenvalue weighted by atomic mass is 10.0. The van der Waals surface area contributed by atoms with Gasteiger partial charge < -0.3 is 14.5 Å². The maximum absolute atomic E-state index is 12.5. The molecule has 6 heteroatoms. The number of rotatable bonds is 5. The summed E-state index contributed by atoms with van der Waals surface area (Å²) in [5.41, 5.74) is 2.23. The second kappa shape index (κ2) is 9.77. The molecule has 0 atom stereocenters. The fraction of sp³-hybridized carbons (Fsp3) is 0.400. The van der Waals surface area contributed by atoms with Gasteiger partial charge in [0.1, 0.15) is 5.60 Å². The van der Waals surface area contributed by atoms with Crippen molar-refractivity contribution in [2.24, 2.45) is 0 Å². The summed E-state index contributed by atoms with van der Waals surface area (Å²) in [7, 11) is 0. The van der Waals surface area contributed by atoms with E-state index >= 15 is 0 Å². The van der Waals surface area contributed by atoms with E-state index in [0.29, 0.717) is 31.7 Å². The van der Waals surface area contributed by atoms with Crippen molar-refractivity contribution < 1.29 is 19.1 Å². The molecule has 31 heavy (non-hydrogen) atoms. The number of ketones is 1. The highest BCUT2D eigenvalue weighted by Gasteiger charge is 2.27. The number of benzene rings is 2. The standard InChI is InChI=1S/C25H30N2O4/c1-25(2,3)31-24(30)27-17-15-26(16-18-27)23(29)14-13-22(28)21-11-9-20(10-12-21)19-7-5-4-6-8-19/h4-12H,13-18H2,1-3H3. The number of nitrogens with zero attached hydrogens (tertiary/aromatic N) is 2. The molecule has 164 valence electrons. The second-order valence-electron chi connectivity index (χ2n) is 8.71. The smallest absolute Gasteiger partial charge is 0.410 e. The SMILES string of the molecule is CC(C)(C)OC(=O)N1CCN(C(=O)CCC(=O)c2ccc(-c3ccccc3)cc2)CC1. The van der Waals surface area contributed by atoms with E-state index in [2.05, 4.69) is 0 Å². The Bertz CT molecular complexity index is 909. The lowest BCUT2D eigenvalue weighted by Gasteiger charge is -2.35. The van der Waals surface area contributed by atoms with E-state index in [1.807, 2.05) is 75.4 Å². The van der Waals surface area contributed by atoms with Gasteiger partial charge in [0, 0.05) is 44.6 Å². The van der Waals surface area contributed by atoms with Crippen LogP contribution >= 0.6 is 0 Å². The van der Waals surface area contributed by atoms with Crippen LogP contribution in [-0.4, -0.2) is 59.4 Å². The molecule has 0 radical (unpaired) electrons. The second-order valence-corrected chi connectivity index (χ2v) is 8.71. The van der Waals surface area contributed by atoms with Crippen LogP contribution in [-0.2, 0) is 9.53 Å². The van der Waals surface area contributed by atoms with E-state index < -0.39 is 5.60 Å². The van der Waals surface area contributed by atoms with Gasteiger partial charge in [-0.25, -0.2) is 4.79 Å². The predicted molar refractivity (Wildman–Crippen MR) is 120 cm³/mol. The maximum Gasteiger partial charge on any atom is 0.410 e. The van der Waals surface area contributed by atoms with E-state index in [1.165, 1.54) is 0 Å². The molecule has 2 aromatic carbocycles. The highest BCUT2D eigenvalue weighted by atomic mass is 16.6. The Balaban J connectivity index is 1.45. The molecule has 0 spiro atoms. The maximum atomic E-state index is 12.5. The van der Waals surface area contributed by atoms with Gasteiger partial charge in [0.15, 0.2) is 5.78 Å². The number of hydrogen-bond donors (Lipinski definition) is 0. The molecule has 2 amide bonds. The van der Waals surface area contributed by atoms with Crippen LogP contribution in [0.3, 0.4) is 0 Å². The van der Waals surface area contributed by atoms with E-state index in [1.54, 1.807) is 9.80 Å². The van der Waals surface area contributed by atoms with Crippen LogP contribution in [0.5, 0.6) is 0 Å². The predicted octanol–water partition coefficient (Wildman–Crippen LogP) is 4.40. The highest BCUT2D eigenvalue weighted by Crippen LogP contribution is 2.20. The first-order chi connectivity index (χ1) is 14.7. The summed E-state index contributed by atoms with van der Waals surface area (Å²) in [6.45, 7) is 7.28. The molecule has 1 aliphatic heterocycles. The van der Waals surface area contributed by atoms with Crippen molar-refractivity contribution in [1.82, 2.24) is 9.80 Å². The van der Waals surface area contributed by atoms with Crippen molar-refractivity contribution in [1.29, 1.82) is 0 Å². The molecular weight excluding hydrogens is 392 g/mol. The van der Waals surface area contributed by atoms with Gasteiger partial charge in [-0.05, 0) is 31.9 Å². The summed E-state index contributed by atoms with van der Waals surface area (Å²) in [4.78, 5) is 40.5. The van der Waals surface area contributed by atoms with Crippen molar-refractivity contribution in [3.05, 3.63) is 60.2 Å². The van der Waals surface area contributed by atoms with Crippen LogP contribution in [0.2, 0.25) is 0 Å². The van der Waals surface area contributed by atoms with Gasteiger partial charge in [-0.3, -0.25) is 9.59 Å². The zero-order valence-corrected chi connectivity index (χ0v) is 18.5. The van der Waals surface area contributed by atoms with E-state index in [9.17, 15) is 14.4 Å². The molecule has 6 nitrogen and oxygen atoms in total. The molecule has 1 aliphatic rings. The topological polar surface area (TPSA) is 66.9 Å². The van der Waals surface area contributed by atoms with Crippen LogP contribution in [0, 0.1) is 0 Å². The van der Waals surface area contributed by atoms with Gasteiger partial charge in [0.25, 0.3) is 0 Å². The summed E-state index contributed by atoms with van der Waals surface area (Å²) < 4.78 is 5.38. The molecular formula is C25H30N2O4. The Labute approximate surface area is 183 Å². The minimum atomic E-state index is -0.538. The third kappa shape index (κ3) is 6.41. The first-order valence-corrected chi connectivity index (χ1v) is 10.7. The van der Waals surface area contributed by atoms with E-state index in [4.69, 9.17) is 4.74 Å². The molecule has 2 aromatic rings. The Morgan fingerprint density at radius 2 is 1.32 bits per heavy atom. The lowest BCUT2D eigenvalue weighted by Crippen LogP contribution is -2.51. The van der Waals surface area contributed by atoms with Gasteiger partial charge >= 0.3 is 6.09 Å². The molecule has 0 unspecified atom stereocenters. The first-order valence-electron chi connectivity index (χ1n) is 10.7. The fourth-order valence-corrected chi connectivity index (χ4v) is 3.47. The molecule has 1 saturated heterocycles. The quantitative estimate of drug-likeness (QED) is 0.670. The van der Waals surface area contributed by atoms with Crippen LogP contribution < -0.4 is 0 Å². The first kappa shape index (κ1) is 22.5. The van der Waals surface area contributed by atoms with Crippen LogP contribution in [0.1, 0.15) is 44.0 Å². The number of ether oxygens (including phenoxy) is 1. The van der Waals surface area contributed by atoms with E-state index in [0.717, 1.165) is 11.1 Å². The average Bonchev–Trinajstić information content (AvgIpc) is 2.77. The molecule has 3 rings (SSSR count). The largest absolute Gasteiger partial charge is 0.444 e. The van der Waals surface area contributed by atoms with Crippen LogP contribution in [0.4, 0.5) is 4.79 Å². The van der Waals surface area contributed by atoms with Crippen molar-refractivity contribution in [2.75, 3.05) is 26.2 Å². The number of piperazine rings is 1. The Kier molecular flexibility index (Phi) is 7.10. The number of carbonyl (C=O) groups is 3. The number of carbonyl (C=O) groups excluding carboxylic acids is 3. The van der Waals surface area contributed by atoms with Crippen molar-refractivity contribution >= 4 is 17.8 Å². The third-order valence-electron chi connectivity index (χ3n) is 5.16. The van der Waals surface area contributed by atoms with Crippen LogP contribution in [0.25, 0.3) is 11.1 Å². The Morgan fingerprint density at radius 1 is 0.774 bits per heavy atom. The minimum absolute atomic E-state index is 0.0413.